The van der Waals surface area contributed by atoms with Crippen LogP contribution in [0.3, 0.4) is 0 Å². The number of nitrogens with zero attached hydrogens (tertiary/aromatic N) is 2. The van der Waals surface area contributed by atoms with Crippen LogP contribution in [0.25, 0.3) is 0 Å². The molecule has 22 heavy (non-hydrogen) atoms. The third-order valence-electron chi connectivity index (χ3n) is 4.15. The van der Waals surface area contributed by atoms with Gasteiger partial charge in [-0.15, -0.1) is 11.8 Å². The van der Waals surface area contributed by atoms with E-state index >= 15 is 0 Å². The largest absolute Gasteiger partial charge is 0.342 e. The van der Waals surface area contributed by atoms with Crippen LogP contribution in [0.1, 0.15) is 19.8 Å². The molecule has 2 amide bonds. The molecule has 1 N–H and O–H groups in total. The number of thioether (sulfide) groups is 1. The van der Waals surface area contributed by atoms with E-state index in [0.29, 0.717) is 37.5 Å². The number of benzene rings is 1. The van der Waals surface area contributed by atoms with Crippen LogP contribution in [-0.4, -0.2) is 46.9 Å². The van der Waals surface area contributed by atoms with Crippen LogP contribution >= 0.6 is 11.8 Å². The Bertz CT molecular complexity index is 607. The van der Waals surface area contributed by atoms with E-state index in [9.17, 15) is 9.59 Å². The summed E-state index contributed by atoms with van der Waals surface area (Å²) in [6.45, 7) is 3.00. The summed E-state index contributed by atoms with van der Waals surface area (Å²) in [4.78, 5) is 31.7. The first-order valence-corrected chi connectivity index (χ1v) is 8.41. The lowest BCUT2D eigenvalue weighted by Crippen LogP contribution is -2.50. The van der Waals surface area contributed by atoms with E-state index in [1.54, 1.807) is 18.7 Å². The molecule has 2 heterocycles. The highest BCUT2D eigenvalue weighted by molar-refractivity contribution is 8.00. The minimum atomic E-state index is -0.632. The molecule has 2 aliphatic heterocycles. The summed E-state index contributed by atoms with van der Waals surface area (Å²) >= 11 is 1.55. The first-order chi connectivity index (χ1) is 10.6. The van der Waals surface area contributed by atoms with Gasteiger partial charge >= 0.3 is 0 Å². The molecule has 0 saturated carbocycles. The average molecular weight is 317 g/mol. The predicted octanol–water partition coefficient (Wildman–Crippen LogP) is 1.69. The van der Waals surface area contributed by atoms with Crippen LogP contribution in [0.4, 0.5) is 0 Å². The van der Waals surface area contributed by atoms with Crippen molar-refractivity contribution in [2.24, 2.45) is 4.99 Å². The van der Waals surface area contributed by atoms with Gasteiger partial charge in [-0.05, 0) is 31.9 Å². The highest BCUT2D eigenvalue weighted by atomic mass is 32.2. The fourth-order valence-corrected chi connectivity index (χ4v) is 3.72. The van der Waals surface area contributed by atoms with Gasteiger partial charge in [0.05, 0.1) is 5.75 Å². The quantitative estimate of drug-likeness (QED) is 0.863. The Hall–Kier alpha value is -1.82. The third kappa shape index (κ3) is 3.02. The summed E-state index contributed by atoms with van der Waals surface area (Å²) < 4.78 is 0. The van der Waals surface area contributed by atoms with Gasteiger partial charge in [-0.3, -0.25) is 14.6 Å². The van der Waals surface area contributed by atoms with Gasteiger partial charge in [-0.1, -0.05) is 18.2 Å². The monoisotopic (exact) mass is 317 g/mol. The van der Waals surface area contributed by atoms with Crippen LogP contribution in [0.5, 0.6) is 0 Å². The van der Waals surface area contributed by atoms with Crippen molar-refractivity contribution in [1.29, 1.82) is 0 Å². The number of hydrogen-bond donors (Lipinski definition) is 1. The second kappa shape index (κ2) is 6.12. The maximum absolute atomic E-state index is 12.3. The Labute approximate surface area is 134 Å². The van der Waals surface area contributed by atoms with Gasteiger partial charge in [-0.25, -0.2) is 0 Å². The number of rotatable bonds is 3. The Balaban J connectivity index is 1.53. The molecule has 0 radical (unpaired) electrons. The lowest BCUT2D eigenvalue weighted by molar-refractivity contribution is -0.133. The summed E-state index contributed by atoms with van der Waals surface area (Å²) in [6, 6.07) is 9.91. The molecule has 1 aromatic rings. The molecule has 116 valence electrons. The van der Waals surface area contributed by atoms with Gasteiger partial charge in [0.2, 0.25) is 5.91 Å². The van der Waals surface area contributed by atoms with Gasteiger partial charge < -0.3 is 10.2 Å². The lowest BCUT2D eigenvalue weighted by atomic mass is 9.88. The lowest BCUT2D eigenvalue weighted by Gasteiger charge is -2.35. The number of carbonyl (C=O) groups is 2. The molecule has 1 fully saturated rings. The molecule has 3 rings (SSSR count). The number of amidine groups is 1. The highest BCUT2D eigenvalue weighted by Crippen LogP contribution is 2.30. The first-order valence-electron chi connectivity index (χ1n) is 7.43. The molecule has 5 nitrogen and oxygen atoms in total. The molecule has 0 unspecified atom stereocenters. The predicted molar refractivity (Wildman–Crippen MR) is 87.0 cm³/mol. The van der Waals surface area contributed by atoms with Gasteiger partial charge in [0.1, 0.15) is 11.4 Å². The summed E-state index contributed by atoms with van der Waals surface area (Å²) in [6.07, 6.45) is 1.22. The highest BCUT2D eigenvalue weighted by Gasteiger charge is 2.45. The molecule has 6 heteroatoms. The molecular formula is C16H19N3O2S. The molecule has 0 atom stereocenters. The molecule has 0 bridgehead atoms. The number of carbonyl (C=O) groups excluding carboxylic acids is 2. The minimum Gasteiger partial charge on any atom is -0.342 e. The van der Waals surface area contributed by atoms with Crippen LogP contribution in [0, 0.1) is 0 Å². The second-order valence-corrected chi connectivity index (χ2v) is 6.71. The maximum atomic E-state index is 12.3. The van der Waals surface area contributed by atoms with Gasteiger partial charge in [-0.2, -0.15) is 0 Å². The maximum Gasteiger partial charge on any atom is 0.253 e. The van der Waals surface area contributed by atoms with E-state index in [4.69, 9.17) is 0 Å². The normalized spacial score (nSPS) is 20.0. The van der Waals surface area contributed by atoms with Crippen LogP contribution in [0.2, 0.25) is 0 Å². The molecule has 1 spiro atoms. The summed E-state index contributed by atoms with van der Waals surface area (Å²) in [5, 5.41) is 2.77. The number of hydrogen-bond acceptors (Lipinski definition) is 4. The van der Waals surface area contributed by atoms with Crippen molar-refractivity contribution in [3.05, 3.63) is 30.3 Å². The van der Waals surface area contributed by atoms with E-state index in [-0.39, 0.29) is 11.8 Å². The van der Waals surface area contributed by atoms with Crippen molar-refractivity contribution < 1.29 is 9.59 Å². The van der Waals surface area contributed by atoms with Crippen molar-refractivity contribution in [2.45, 2.75) is 30.2 Å². The van der Waals surface area contributed by atoms with Crippen molar-refractivity contribution in [1.82, 2.24) is 10.2 Å². The number of amides is 2. The van der Waals surface area contributed by atoms with Gasteiger partial charge in [0, 0.05) is 18.0 Å². The zero-order valence-corrected chi connectivity index (χ0v) is 13.4. The van der Waals surface area contributed by atoms with E-state index in [2.05, 4.69) is 10.3 Å². The zero-order valence-electron chi connectivity index (χ0n) is 12.5. The standard InChI is InChI=1S/C16H19N3O2S/c1-12-17-15(21)16(18-12)7-9-19(10-8-16)14(20)11-22-13-5-3-2-4-6-13/h2-6H,7-11H2,1H3,(H,17,18,21). The summed E-state index contributed by atoms with van der Waals surface area (Å²) in [5.74, 6) is 1.23. The van der Waals surface area contributed by atoms with Crippen LogP contribution < -0.4 is 5.32 Å². The van der Waals surface area contributed by atoms with Crippen molar-refractivity contribution >= 4 is 29.4 Å². The SMILES string of the molecule is CC1=NC2(CCN(C(=O)CSc3ccccc3)CC2)C(=O)N1. The molecule has 1 aromatic carbocycles. The molecule has 0 aliphatic carbocycles. The molecular weight excluding hydrogens is 298 g/mol. The summed E-state index contributed by atoms with van der Waals surface area (Å²) in [7, 11) is 0. The van der Waals surface area contributed by atoms with Crippen molar-refractivity contribution in [3.8, 4) is 0 Å². The Morgan fingerprint density at radius 3 is 2.59 bits per heavy atom. The summed E-state index contributed by atoms with van der Waals surface area (Å²) in [5.41, 5.74) is -0.632. The number of likely N-dealkylation sites (tertiary alicyclic amines) is 1. The first kappa shape index (κ1) is 15.1. The smallest absolute Gasteiger partial charge is 0.253 e. The third-order valence-corrected chi connectivity index (χ3v) is 5.14. The number of piperidine rings is 1. The fourth-order valence-electron chi connectivity index (χ4n) is 2.90. The van der Waals surface area contributed by atoms with Crippen LogP contribution in [0.15, 0.2) is 40.2 Å². The molecule has 1 saturated heterocycles. The van der Waals surface area contributed by atoms with Gasteiger partial charge in [0.15, 0.2) is 0 Å². The fraction of sp³-hybridized carbons (Fsp3) is 0.438. The average Bonchev–Trinajstić information content (AvgIpc) is 2.80. The van der Waals surface area contributed by atoms with E-state index in [1.807, 2.05) is 35.2 Å². The number of nitrogens with one attached hydrogen (secondary N) is 1. The number of aliphatic imine (C=N–C) groups is 1. The van der Waals surface area contributed by atoms with Crippen molar-refractivity contribution in [2.75, 3.05) is 18.8 Å². The topological polar surface area (TPSA) is 61.8 Å². The van der Waals surface area contributed by atoms with E-state index in [0.717, 1.165) is 4.90 Å². The molecule has 2 aliphatic rings. The van der Waals surface area contributed by atoms with Crippen molar-refractivity contribution in [3.63, 3.8) is 0 Å². The Morgan fingerprint density at radius 1 is 1.32 bits per heavy atom. The Morgan fingerprint density at radius 2 is 2.00 bits per heavy atom. The Kier molecular flexibility index (Phi) is 4.20. The second-order valence-electron chi connectivity index (χ2n) is 5.67. The minimum absolute atomic E-state index is 0.0178. The zero-order chi connectivity index (χ0) is 15.6. The van der Waals surface area contributed by atoms with E-state index in [1.165, 1.54) is 0 Å². The van der Waals surface area contributed by atoms with Gasteiger partial charge in [0.25, 0.3) is 5.91 Å². The van der Waals surface area contributed by atoms with E-state index < -0.39 is 5.54 Å². The molecule has 0 aromatic heterocycles. The van der Waals surface area contributed by atoms with Crippen LogP contribution in [-0.2, 0) is 9.59 Å².